The van der Waals surface area contributed by atoms with E-state index in [0.29, 0.717) is 11.5 Å². The highest BCUT2D eigenvalue weighted by molar-refractivity contribution is 6.30. The van der Waals surface area contributed by atoms with Crippen LogP contribution in [0, 0.1) is 0 Å². The quantitative estimate of drug-likeness (QED) is 0.567. The van der Waals surface area contributed by atoms with E-state index < -0.39 is 11.9 Å². The zero-order valence-electron chi connectivity index (χ0n) is 16.3. The van der Waals surface area contributed by atoms with Gasteiger partial charge < -0.3 is 19.9 Å². The summed E-state index contributed by atoms with van der Waals surface area (Å²) in [5.41, 5.74) is 1.09. The number of carboxylic acids is 1. The molecule has 7 nitrogen and oxygen atoms in total. The fourth-order valence-electron chi connectivity index (χ4n) is 2.72. The molecular formula is C22H19ClN2O5. The third-order valence-electron chi connectivity index (χ3n) is 4.32. The molecule has 30 heavy (non-hydrogen) atoms. The van der Waals surface area contributed by atoms with Crippen molar-refractivity contribution >= 4 is 23.5 Å². The summed E-state index contributed by atoms with van der Waals surface area (Å²) in [6.45, 7) is 1.79. The van der Waals surface area contributed by atoms with E-state index in [2.05, 4.69) is 10.3 Å². The summed E-state index contributed by atoms with van der Waals surface area (Å²) in [6.07, 6.45) is 1.39. The molecule has 1 amide bonds. The first-order chi connectivity index (χ1) is 14.4. The standard InChI is InChI=1S/C22H19ClN2O5/c1-13(14-6-8-15(9-7-14)22(27)28)25-20(26)19-10-16(23)12-24-21(19)30-18-5-3-4-17(11-18)29-2/h3-13H,1-2H3,(H,25,26)(H,27,28)/t13-/m0/s1. The lowest BCUT2D eigenvalue weighted by molar-refractivity contribution is 0.0696. The van der Waals surface area contributed by atoms with Gasteiger partial charge in [0, 0.05) is 12.3 Å². The smallest absolute Gasteiger partial charge is 0.335 e. The molecule has 0 radical (unpaired) electrons. The summed E-state index contributed by atoms with van der Waals surface area (Å²) >= 11 is 6.04. The Morgan fingerprint density at radius 2 is 1.80 bits per heavy atom. The van der Waals surface area contributed by atoms with E-state index in [4.69, 9.17) is 26.2 Å². The van der Waals surface area contributed by atoms with Crippen LogP contribution >= 0.6 is 11.6 Å². The van der Waals surface area contributed by atoms with Gasteiger partial charge in [0.05, 0.1) is 23.7 Å². The normalized spacial score (nSPS) is 11.4. The minimum Gasteiger partial charge on any atom is -0.497 e. The number of amides is 1. The first-order valence-electron chi connectivity index (χ1n) is 8.99. The summed E-state index contributed by atoms with van der Waals surface area (Å²) in [5.74, 6) is -0.291. The molecular weight excluding hydrogens is 408 g/mol. The minimum atomic E-state index is -1.01. The molecule has 8 heteroatoms. The predicted octanol–water partition coefficient (Wildman–Crippen LogP) is 4.73. The fraction of sp³-hybridized carbons (Fsp3) is 0.136. The maximum absolute atomic E-state index is 12.9. The molecule has 154 valence electrons. The highest BCUT2D eigenvalue weighted by Crippen LogP contribution is 2.28. The number of aromatic carboxylic acids is 1. The van der Waals surface area contributed by atoms with Crippen molar-refractivity contribution in [1.82, 2.24) is 10.3 Å². The van der Waals surface area contributed by atoms with Gasteiger partial charge in [-0.2, -0.15) is 0 Å². The van der Waals surface area contributed by atoms with Crippen LogP contribution in [0.2, 0.25) is 5.02 Å². The zero-order valence-corrected chi connectivity index (χ0v) is 17.0. The average molecular weight is 427 g/mol. The maximum atomic E-state index is 12.9. The molecule has 1 heterocycles. The Kier molecular flexibility index (Phi) is 6.54. The minimum absolute atomic E-state index is 0.0959. The van der Waals surface area contributed by atoms with Crippen LogP contribution in [-0.2, 0) is 0 Å². The molecule has 0 bridgehead atoms. The van der Waals surface area contributed by atoms with Crippen molar-refractivity contribution in [2.45, 2.75) is 13.0 Å². The predicted molar refractivity (Wildman–Crippen MR) is 112 cm³/mol. The number of nitrogens with one attached hydrogen (secondary N) is 1. The molecule has 0 unspecified atom stereocenters. The van der Waals surface area contributed by atoms with Gasteiger partial charge in [0.2, 0.25) is 5.88 Å². The van der Waals surface area contributed by atoms with Gasteiger partial charge in [-0.15, -0.1) is 0 Å². The number of halogens is 1. The number of carbonyl (C=O) groups is 2. The third kappa shape index (κ3) is 5.07. The number of benzene rings is 2. The lowest BCUT2D eigenvalue weighted by Crippen LogP contribution is -2.27. The van der Waals surface area contributed by atoms with Crippen molar-refractivity contribution < 1.29 is 24.2 Å². The molecule has 0 fully saturated rings. The number of nitrogens with zero attached hydrogens (tertiary/aromatic N) is 1. The van der Waals surface area contributed by atoms with Crippen LogP contribution in [0.4, 0.5) is 0 Å². The average Bonchev–Trinajstić information content (AvgIpc) is 2.75. The molecule has 0 spiro atoms. The van der Waals surface area contributed by atoms with E-state index in [1.165, 1.54) is 24.4 Å². The molecule has 1 atom stereocenters. The van der Waals surface area contributed by atoms with Crippen LogP contribution in [-0.4, -0.2) is 29.1 Å². The van der Waals surface area contributed by atoms with Crippen molar-refractivity contribution in [3.63, 3.8) is 0 Å². The third-order valence-corrected chi connectivity index (χ3v) is 4.53. The van der Waals surface area contributed by atoms with Crippen LogP contribution in [0.15, 0.2) is 60.8 Å². The highest BCUT2D eigenvalue weighted by Gasteiger charge is 2.19. The lowest BCUT2D eigenvalue weighted by Gasteiger charge is -2.16. The topological polar surface area (TPSA) is 97.8 Å². The number of carboxylic acid groups (broad SMARTS) is 1. The number of ether oxygens (including phenoxy) is 2. The van der Waals surface area contributed by atoms with E-state index in [9.17, 15) is 9.59 Å². The molecule has 3 rings (SSSR count). The first-order valence-corrected chi connectivity index (χ1v) is 9.36. The van der Waals surface area contributed by atoms with Gasteiger partial charge >= 0.3 is 5.97 Å². The van der Waals surface area contributed by atoms with Gasteiger partial charge in [-0.25, -0.2) is 9.78 Å². The number of carbonyl (C=O) groups excluding carboxylic acids is 1. The fourth-order valence-corrected chi connectivity index (χ4v) is 2.88. The summed E-state index contributed by atoms with van der Waals surface area (Å²) in [7, 11) is 1.54. The molecule has 0 aliphatic rings. The summed E-state index contributed by atoms with van der Waals surface area (Å²) in [4.78, 5) is 28.0. The Labute approximate surface area is 178 Å². The monoisotopic (exact) mass is 426 g/mol. The van der Waals surface area contributed by atoms with Crippen molar-refractivity contribution in [2.24, 2.45) is 0 Å². The molecule has 0 aliphatic heterocycles. The SMILES string of the molecule is COc1cccc(Oc2ncc(Cl)cc2C(=O)N[C@@H](C)c2ccc(C(=O)O)cc2)c1. The molecule has 0 saturated heterocycles. The van der Waals surface area contributed by atoms with Crippen LogP contribution in [0.5, 0.6) is 17.4 Å². The molecule has 2 aromatic carbocycles. The zero-order chi connectivity index (χ0) is 21.7. The highest BCUT2D eigenvalue weighted by atomic mass is 35.5. The van der Waals surface area contributed by atoms with Crippen molar-refractivity contribution in [2.75, 3.05) is 7.11 Å². The lowest BCUT2D eigenvalue weighted by atomic mass is 10.1. The maximum Gasteiger partial charge on any atom is 0.335 e. The number of pyridine rings is 1. The second-order valence-corrected chi connectivity index (χ2v) is 6.85. The van der Waals surface area contributed by atoms with Gasteiger partial charge in [-0.05, 0) is 42.8 Å². The van der Waals surface area contributed by atoms with E-state index in [1.54, 1.807) is 50.4 Å². The number of rotatable bonds is 7. The van der Waals surface area contributed by atoms with Gasteiger partial charge in [0.25, 0.3) is 5.91 Å². The molecule has 0 saturated carbocycles. The van der Waals surface area contributed by atoms with E-state index in [0.717, 1.165) is 5.56 Å². The number of hydrogen-bond donors (Lipinski definition) is 2. The van der Waals surface area contributed by atoms with Crippen molar-refractivity contribution in [1.29, 1.82) is 0 Å². The van der Waals surface area contributed by atoms with Gasteiger partial charge in [-0.1, -0.05) is 29.8 Å². The molecule has 0 aliphatic carbocycles. The summed E-state index contributed by atoms with van der Waals surface area (Å²) in [6, 6.07) is 14.3. The number of aromatic nitrogens is 1. The van der Waals surface area contributed by atoms with Crippen molar-refractivity contribution in [3.05, 3.63) is 82.5 Å². The molecule has 2 N–H and O–H groups in total. The van der Waals surface area contributed by atoms with Crippen LogP contribution in [0.25, 0.3) is 0 Å². The summed E-state index contributed by atoms with van der Waals surface area (Å²) < 4.78 is 11.0. The Morgan fingerprint density at radius 1 is 1.10 bits per heavy atom. The Bertz CT molecular complexity index is 1070. The first kappa shape index (κ1) is 21.1. The van der Waals surface area contributed by atoms with Crippen LogP contribution < -0.4 is 14.8 Å². The molecule has 1 aromatic heterocycles. The van der Waals surface area contributed by atoms with Gasteiger partial charge in [0.15, 0.2) is 0 Å². The Hall–Kier alpha value is -3.58. The van der Waals surface area contributed by atoms with Gasteiger partial charge in [0.1, 0.15) is 17.1 Å². The number of methoxy groups -OCH3 is 1. The largest absolute Gasteiger partial charge is 0.497 e. The van der Waals surface area contributed by atoms with Crippen LogP contribution in [0.1, 0.15) is 39.2 Å². The number of hydrogen-bond acceptors (Lipinski definition) is 5. The Morgan fingerprint density at radius 3 is 2.47 bits per heavy atom. The summed E-state index contributed by atoms with van der Waals surface area (Å²) in [5, 5.41) is 12.1. The Balaban J connectivity index is 1.80. The van der Waals surface area contributed by atoms with Crippen LogP contribution in [0.3, 0.4) is 0 Å². The second kappa shape index (κ2) is 9.28. The molecule has 3 aromatic rings. The van der Waals surface area contributed by atoms with E-state index in [1.807, 2.05) is 0 Å². The van der Waals surface area contributed by atoms with Gasteiger partial charge in [-0.3, -0.25) is 4.79 Å². The van der Waals surface area contributed by atoms with Crippen molar-refractivity contribution in [3.8, 4) is 17.4 Å². The van der Waals surface area contributed by atoms with E-state index >= 15 is 0 Å². The van der Waals surface area contributed by atoms with E-state index in [-0.39, 0.29) is 28.1 Å². The second-order valence-electron chi connectivity index (χ2n) is 6.41.